The van der Waals surface area contributed by atoms with E-state index < -0.39 is 0 Å². The molecule has 0 rings (SSSR count). The number of rotatable bonds is 7. The van der Waals surface area contributed by atoms with Crippen molar-refractivity contribution in [3.8, 4) is 0 Å². The summed E-state index contributed by atoms with van der Waals surface area (Å²) in [6, 6.07) is 0.510. The third-order valence-corrected chi connectivity index (χ3v) is 2.36. The van der Waals surface area contributed by atoms with Crippen LogP contribution in [0.15, 0.2) is 48.7 Å². The standard InChI is InChI=1S/C14H23N/c1-6-10-13(11-7-2)12(5)15-14(8-3)9-4/h6-7,10-11,14-15H,1,5,8-9H2,2-4H3/b11-7-,13-10+. The van der Waals surface area contributed by atoms with Crippen molar-refractivity contribution in [2.75, 3.05) is 0 Å². The van der Waals surface area contributed by atoms with E-state index >= 15 is 0 Å². The van der Waals surface area contributed by atoms with Crippen molar-refractivity contribution in [2.45, 2.75) is 39.7 Å². The number of hydrogen-bond acceptors (Lipinski definition) is 1. The van der Waals surface area contributed by atoms with Gasteiger partial charge in [-0.3, -0.25) is 0 Å². The molecule has 0 bridgehead atoms. The third kappa shape index (κ3) is 5.26. The Morgan fingerprint density at radius 3 is 2.33 bits per heavy atom. The van der Waals surface area contributed by atoms with Crippen LogP contribution < -0.4 is 5.32 Å². The molecule has 0 aliphatic heterocycles. The first kappa shape index (κ1) is 13.8. The number of allylic oxidation sites excluding steroid dienone is 4. The van der Waals surface area contributed by atoms with Crippen molar-refractivity contribution in [3.05, 3.63) is 48.7 Å². The topological polar surface area (TPSA) is 12.0 Å². The molecule has 0 aromatic carbocycles. The van der Waals surface area contributed by atoms with Crippen LogP contribution >= 0.6 is 0 Å². The summed E-state index contributed by atoms with van der Waals surface area (Å²) in [6.07, 6.45) is 10.0. The summed E-state index contributed by atoms with van der Waals surface area (Å²) >= 11 is 0. The highest BCUT2D eigenvalue weighted by atomic mass is 14.9. The molecule has 0 saturated heterocycles. The summed E-state index contributed by atoms with van der Waals surface area (Å²) < 4.78 is 0. The van der Waals surface area contributed by atoms with E-state index in [9.17, 15) is 0 Å². The maximum atomic E-state index is 4.05. The molecule has 1 N–H and O–H groups in total. The maximum absolute atomic E-state index is 4.05. The van der Waals surface area contributed by atoms with Crippen LogP contribution in [0.5, 0.6) is 0 Å². The molecule has 0 heterocycles. The van der Waals surface area contributed by atoms with Crippen molar-refractivity contribution in [3.63, 3.8) is 0 Å². The van der Waals surface area contributed by atoms with Crippen LogP contribution in [-0.2, 0) is 0 Å². The molecule has 0 aromatic heterocycles. The number of nitrogens with one attached hydrogen (secondary N) is 1. The fourth-order valence-corrected chi connectivity index (χ4v) is 1.39. The molecule has 0 atom stereocenters. The third-order valence-electron chi connectivity index (χ3n) is 2.36. The minimum Gasteiger partial charge on any atom is -0.382 e. The summed E-state index contributed by atoms with van der Waals surface area (Å²) in [6.45, 7) is 14.1. The first-order valence-electron chi connectivity index (χ1n) is 5.60. The van der Waals surface area contributed by atoms with E-state index in [1.807, 2.05) is 25.2 Å². The first-order valence-corrected chi connectivity index (χ1v) is 5.60. The molecule has 15 heavy (non-hydrogen) atoms. The van der Waals surface area contributed by atoms with Crippen LogP contribution in [-0.4, -0.2) is 6.04 Å². The lowest BCUT2D eigenvalue weighted by Crippen LogP contribution is -2.27. The highest BCUT2D eigenvalue weighted by Gasteiger charge is 2.05. The van der Waals surface area contributed by atoms with Crippen molar-refractivity contribution in [1.29, 1.82) is 0 Å². The molecule has 0 saturated carbocycles. The molecular weight excluding hydrogens is 182 g/mol. The van der Waals surface area contributed by atoms with E-state index in [0.29, 0.717) is 6.04 Å². The second-order valence-electron chi connectivity index (χ2n) is 3.49. The molecular formula is C14H23N. The second kappa shape index (κ2) is 8.10. The van der Waals surface area contributed by atoms with Gasteiger partial charge in [0.25, 0.3) is 0 Å². The molecule has 0 amide bonds. The van der Waals surface area contributed by atoms with E-state index in [-0.39, 0.29) is 0 Å². The minimum atomic E-state index is 0.510. The largest absolute Gasteiger partial charge is 0.382 e. The summed E-state index contributed by atoms with van der Waals surface area (Å²) in [5, 5.41) is 3.42. The van der Waals surface area contributed by atoms with E-state index in [1.54, 1.807) is 6.08 Å². The van der Waals surface area contributed by atoms with Gasteiger partial charge < -0.3 is 5.32 Å². The van der Waals surface area contributed by atoms with Gasteiger partial charge in [0.05, 0.1) is 0 Å². The Kier molecular flexibility index (Phi) is 7.43. The van der Waals surface area contributed by atoms with Crippen molar-refractivity contribution in [2.24, 2.45) is 0 Å². The Morgan fingerprint density at radius 2 is 1.93 bits per heavy atom. The van der Waals surface area contributed by atoms with Gasteiger partial charge in [-0.05, 0) is 25.3 Å². The minimum absolute atomic E-state index is 0.510. The van der Waals surface area contributed by atoms with Gasteiger partial charge in [0.1, 0.15) is 0 Å². The Labute approximate surface area is 94.3 Å². The van der Waals surface area contributed by atoms with Gasteiger partial charge in [-0.1, -0.05) is 51.3 Å². The number of hydrogen-bond donors (Lipinski definition) is 1. The summed E-state index contributed by atoms with van der Waals surface area (Å²) in [7, 11) is 0. The predicted molar refractivity (Wildman–Crippen MR) is 69.7 cm³/mol. The SMILES string of the molecule is C=C/C=C(\C=C/C)C(=C)NC(CC)CC. The molecule has 0 aliphatic rings. The van der Waals surface area contributed by atoms with E-state index in [2.05, 4.69) is 32.3 Å². The molecule has 0 spiro atoms. The van der Waals surface area contributed by atoms with Crippen molar-refractivity contribution < 1.29 is 0 Å². The molecule has 84 valence electrons. The van der Waals surface area contributed by atoms with Crippen molar-refractivity contribution >= 4 is 0 Å². The molecule has 0 fully saturated rings. The van der Waals surface area contributed by atoms with Gasteiger partial charge in [0.15, 0.2) is 0 Å². The Balaban J connectivity index is 4.51. The molecule has 0 aliphatic carbocycles. The quantitative estimate of drug-likeness (QED) is 0.620. The molecule has 0 unspecified atom stereocenters. The van der Waals surface area contributed by atoms with Gasteiger partial charge in [-0.15, -0.1) is 0 Å². The van der Waals surface area contributed by atoms with Gasteiger partial charge in [0.2, 0.25) is 0 Å². The molecule has 0 radical (unpaired) electrons. The van der Waals surface area contributed by atoms with E-state index in [0.717, 1.165) is 24.1 Å². The summed E-state index contributed by atoms with van der Waals surface area (Å²) in [5.41, 5.74) is 2.07. The average Bonchev–Trinajstić information content (AvgIpc) is 2.25. The zero-order valence-corrected chi connectivity index (χ0v) is 10.2. The van der Waals surface area contributed by atoms with Gasteiger partial charge >= 0.3 is 0 Å². The lowest BCUT2D eigenvalue weighted by molar-refractivity contribution is 0.538. The lowest BCUT2D eigenvalue weighted by Gasteiger charge is -2.18. The van der Waals surface area contributed by atoms with Gasteiger partial charge in [-0.25, -0.2) is 0 Å². The predicted octanol–water partition coefficient (Wildman–Crippen LogP) is 3.97. The van der Waals surface area contributed by atoms with Crippen LogP contribution in [0.1, 0.15) is 33.6 Å². The smallest absolute Gasteiger partial charge is 0.0342 e. The highest BCUT2D eigenvalue weighted by Crippen LogP contribution is 2.10. The lowest BCUT2D eigenvalue weighted by atomic mass is 10.1. The maximum Gasteiger partial charge on any atom is 0.0342 e. The van der Waals surface area contributed by atoms with E-state index in [4.69, 9.17) is 0 Å². The van der Waals surface area contributed by atoms with Crippen LogP contribution in [0.4, 0.5) is 0 Å². The monoisotopic (exact) mass is 205 g/mol. The first-order chi connectivity index (χ1) is 7.19. The fourth-order valence-electron chi connectivity index (χ4n) is 1.39. The van der Waals surface area contributed by atoms with Crippen LogP contribution in [0, 0.1) is 0 Å². The Bertz CT molecular complexity index is 255. The summed E-state index contributed by atoms with van der Waals surface area (Å²) in [5.74, 6) is 0. The van der Waals surface area contributed by atoms with Gasteiger partial charge in [-0.2, -0.15) is 0 Å². The molecule has 1 heteroatoms. The highest BCUT2D eigenvalue weighted by molar-refractivity contribution is 5.39. The molecule has 1 nitrogen and oxygen atoms in total. The van der Waals surface area contributed by atoms with Crippen molar-refractivity contribution in [1.82, 2.24) is 5.32 Å². The fraction of sp³-hybridized carbons (Fsp3) is 0.429. The van der Waals surface area contributed by atoms with Crippen LogP contribution in [0.25, 0.3) is 0 Å². The average molecular weight is 205 g/mol. The Hall–Kier alpha value is -1.24. The van der Waals surface area contributed by atoms with Crippen LogP contribution in [0.2, 0.25) is 0 Å². The van der Waals surface area contributed by atoms with E-state index in [1.165, 1.54) is 0 Å². The molecule has 0 aromatic rings. The van der Waals surface area contributed by atoms with Gasteiger partial charge in [0, 0.05) is 11.7 Å². The normalized spacial score (nSPS) is 12.1. The Morgan fingerprint density at radius 1 is 1.33 bits per heavy atom. The zero-order valence-electron chi connectivity index (χ0n) is 10.2. The summed E-state index contributed by atoms with van der Waals surface area (Å²) in [4.78, 5) is 0. The zero-order chi connectivity index (χ0) is 11.7. The second-order valence-corrected chi connectivity index (χ2v) is 3.49. The van der Waals surface area contributed by atoms with Crippen LogP contribution in [0.3, 0.4) is 0 Å².